The zero-order chi connectivity index (χ0) is 17.5. The van der Waals surface area contributed by atoms with E-state index < -0.39 is 20.6 Å². The highest BCUT2D eigenvalue weighted by Crippen LogP contribution is 2.36. The second-order valence-electron chi connectivity index (χ2n) is 5.39. The Hall–Kier alpha value is -1.56. The lowest BCUT2D eigenvalue weighted by molar-refractivity contribution is -0.146. The minimum absolute atomic E-state index is 0.119. The minimum Gasteiger partial charge on any atom is -0.497 e. The number of ether oxygens (including phenoxy) is 2. The zero-order valence-corrected chi connectivity index (χ0v) is 15.1. The van der Waals surface area contributed by atoms with Crippen LogP contribution >= 0.6 is 0 Å². The van der Waals surface area contributed by atoms with E-state index in [4.69, 9.17) is 9.47 Å². The Morgan fingerprint density at radius 1 is 1.04 bits per heavy atom. The third-order valence-electron chi connectivity index (χ3n) is 3.84. The summed E-state index contributed by atoms with van der Waals surface area (Å²) in [6.45, 7) is 5.58. The van der Waals surface area contributed by atoms with Gasteiger partial charge in [-0.15, -0.1) is 0 Å². The van der Waals surface area contributed by atoms with E-state index >= 15 is 0 Å². The van der Waals surface area contributed by atoms with Crippen molar-refractivity contribution >= 4 is 15.8 Å². The minimum atomic E-state index is -3.86. The molecule has 0 heterocycles. The van der Waals surface area contributed by atoms with Gasteiger partial charge in [-0.2, -0.15) is 0 Å². The molecule has 0 aliphatic carbocycles. The number of rotatable bonds is 9. The predicted octanol–water partition coefficient (Wildman–Crippen LogP) is 3.37. The number of esters is 1. The summed E-state index contributed by atoms with van der Waals surface area (Å²) in [7, 11) is -2.35. The number of hydrogen-bond donors (Lipinski definition) is 0. The highest BCUT2D eigenvalue weighted by atomic mass is 32.2. The summed E-state index contributed by atoms with van der Waals surface area (Å²) in [5, 5.41) is 0. The molecule has 0 fully saturated rings. The number of carbonyl (C=O) groups excluding carboxylic acids is 1. The van der Waals surface area contributed by atoms with Crippen LogP contribution in [0.1, 0.15) is 46.5 Å². The van der Waals surface area contributed by atoms with Crippen LogP contribution in [-0.2, 0) is 19.4 Å². The van der Waals surface area contributed by atoms with Gasteiger partial charge in [0.05, 0.1) is 18.6 Å². The van der Waals surface area contributed by atoms with Crippen LogP contribution in [-0.4, -0.2) is 32.9 Å². The van der Waals surface area contributed by atoms with Gasteiger partial charge < -0.3 is 9.47 Å². The molecule has 0 unspecified atom stereocenters. The first kappa shape index (κ1) is 19.5. The summed E-state index contributed by atoms with van der Waals surface area (Å²) in [5.74, 6) is -0.0869. The Labute approximate surface area is 138 Å². The lowest BCUT2D eigenvalue weighted by Crippen LogP contribution is -2.47. The molecule has 1 aromatic rings. The van der Waals surface area contributed by atoms with Gasteiger partial charge in [0.1, 0.15) is 5.75 Å². The quantitative estimate of drug-likeness (QED) is 0.644. The Morgan fingerprint density at radius 2 is 1.57 bits per heavy atom. The van der Waals surface area contributed by atoms with Gasteiger partial charge in [0, 0.05) is 0 Å². The maximum absolute atomic E-state index is 13.2. The molecule has 130 valence electrons. The van der Waals surface area contributed by atoms with Crippen LogP contribution < -0.4 is 4.74 Å². The summed E-state index contributed by atoms with van der Waals surface area (Å²) >= 11 is 0. The van der Waals surface area contributed by atoms with Crippen LogP contribution in [0.15, 0.2) is 29.2 Å². The standard InChI is InChI=1S/C17H26O5S/c1-5-12-17(13-6-2,16(18)22-7-3)23(19,20)15-10-8-14(21-4)9-11-15/h8-11H,5-7,12-13H2,1-4H3. The maximum atomic E-state index is 13.2. The summed E-state index contributed by atoms with van der Waals surface area (Å²) in [4.78, 5) is 12.7. The van der Waals surface area contributed by atoms with E-state index in [0.717, 1.165) is 0 Å². The van der Waals surface area contributed by atoms with Crippen molar-refractivity contribution in [2.24, 2.45) is 0 Å². The van der Waals surface area contributed by atoms with E-state index in [9.17, 15) is 13.2 Å². The predicted molar refractivity (Wildman–Crippen MR) is 89.4 cm³/mol. The van der Waals surface area contributed by atoms with E-state index in [0.29, 0.717) is 18.6 Å². The summed E-state index contributed by atoms with van der Waals surface area (Å²) in [5.41, 5.74) is 0. The molecule has 6 heteroatoms. The van der Waals surface area contributed by atoms with Crippen LogP contribution in [0.4, 0.5) is 0 Å². The van der Waals surface area contributed by atoms with E-state index in [2.05, 4.69) is 0 Å². The molecule has 1 aromatic carbocycles. The largest absolute Gasteiger partial charge is 0.497 e. The molecule has 1 rings (SSSR count). The van der Waals surface area contributed by atoms with Gasteiger partial charge in [0.25, 0.3) is 0 Å². The van der Waals surface area contributed by atoms with E-state index in [1.165, 1.54) is 19.2 Å². The van der Waals surface area contributed by atoms with Crippen molar-refractivity contribution in [3.63, 3.8) is 0 Å². The highest BCUT2D eigenvalue weighted by molar-refractivity contribution is 7.93. The number of methoxy groups -OCH3 is 1. The number of benzene rings is 1. The van der Waals surface area contributed by atoms with Gasteiger partial charge in [0.2, 0.25) is 0 Å². The van der Waals surface area contributed by atoms with Gasteiger partial charge in [-0.25, -0.2) is 8.42 Å². The first-order chi connectivity index (χ1) is 10.9. The first-order valence-electron chi connectivity index (χ1n) is 7.95. The SMILES string of the molecule is CCCC(CCC)(C(=O)OCC)S(=O)(=O)c1ccc(OC)cc1. The fraction of sp³-hybridized carbons (Fsp3) is 0.588. The fourth-order valence-corrected chi connectivity index (χ4v) is 4.93. The van der Waals surface area contributed by atoms with Crippen molar-refractivity contribution in [3.05, 3.63) is 24.3 Å². The molecular weight excluding hydrogens is 316 g/mol. The monoisotopic (exact) mass is 342 g/mol. The first-order valence-corrected chi connectivity index (χ1v) is 9.43. The van der Waals surface area contributed by atoms with Gasteiger partial charge in [0.15, 0.2) is 14.6 Å². The number of sulfone groups is 1. The smallest absolute Gasteiger partial charge is 0.327 e. The van der Waals surface area contributed by atoms with Gasteiger partial charge >= 0.3 is 5.97 Å². The molecule has 0 saturated carbocycles. The lowest BCUT2D eigenvalue weighted by Gasteiger charge is -2.30. The molecule has 23 heavy (non-hydrogen) atoms. The Balaban J connectivity index is 3.44. The Morgan fingerprint density at radius 3 is 1.96 bits per heavy atom. The molecule has 0 bridgehead atoms. The van der Waals surface area contributed by atoms with Crippen LogP contribution in [0.5, 0.6) is 5.75 Å². The molecule has 0 aliphatic rings. The van der Waals surface area contributed by atoms with Crippen molar-refractivity contribution in [2.75, 3.05) is 13.7 Å². The van der Waals surface area contributed by atoms with E-state index in [1.807, 2.05) is 13.8 Å². The Kier molecular flexibility index (Phi) is 7.06. The molecule has 0 N–H and O–H groups in total. The fourth-order valence-electron chi connectivity index (χ4n) is 2.76. The van der Waals surface area contributed by atoms with Crippen LogP contribution in [0.25, 0.3) is 0 Å². The lowest BCUT2D eigenvalue weighted by atomic mass is 9.97. The van der Waals surface area contributed by atoms with Crippen LogP contribution in [0.3, 0.4) is 0 Å². The molecule has 0 atom stereocenters. The third kappa shape index (κ3) is 3.86. The second kappa shape index (κ2) is 8.34. The molecule has 0 amide bonds. The molecule has 5 nitrogen and oxygen atoms in total. The van der Waals surface area contributed by atoms with E-state index in [-0.39, 0.29) is 24.3 Å². The topological polar surface area (TPSA) is 69.7 Å². The van der Waals surface area contributed by atoms with E-state index in [1.54, 1.807) is 19.1 Å². The van der Waals surface area contributed by atoms with Crippen molar-refractivity contribution in [1.29, 1.82) is 0 Å². The average molecular weight is 342 g/mol. The highest BCUT2D eigenvalue weighted by Gasteiger charge is 2.51. The summed E-state index contributed by atoms with van der Waals surface area (Å²) < 4.78 is 35.1. The number of hydrogen-bond acceptors (Lipinski definition) is 5. The van der Waals surface area contributed by atoms with Gasteiger partial charge in [-0.3, -0.25) is 4.79 Å². The average Bonchev–Trinajstić information content (AvgIpc) is 2.54. The Bertz CT molecular complexity index is 598. The normalized spacial score (nSPS) is 12.0. The maximum Gasteiger partial charge on any atom is 0.327 e. The van der Waals surface area contributed by atoms with Crippen molar-refractivity contribution < 1.29 is 22.7 Å². The molecular formula is C17H26O5S. The van der Waals surface area contributed by atoms with Crippen molar-refractivity contribution in [2.45, 2.75) is 56.1 Å². The molecule has 0 aliphatic heterocycles. The van der Waals surface area contributed by atoms with Crippen molar-refractivity contribution in [3.8, 4) is 5.75 Å². The summed E-state index contributed by atoms with van der Waals surface area (Å²) in [6, 6.07) is 6.13. The zero-order valence-electron chi connectivity index (χ0n) is 14.3. The van der Waals surface area contributed by atoms with Gasteiger partial charge in [-0.1, -0.05) is 26.7 Å². The number of carbonyl (C=O) groups is 1. The second-order valence-corrected chi connectivity index (χ2v) is 7.65. The molecule has 0 radical (unpaired) electrons. The third-order valence-corrected chi connectivity index (χ3v) is 6.34. The molecule has 0 saturated heterocycles. The van der Waals surface area contributed by atoms with Crippen molar-refractivity contribution in [1.82, 2.24) is 0 Å². The molecule has 0 spiro atoms. The summed E-state index contributed by atoms with van der Waals surface area (Å²) in [6.07, 6.45) is 1.64. The van der Waals surface area contributed by atoms with Crippen LogP contribution in [0, 0.1) is 0 Å². The molecule has 0 aromatic heterocycles. The van der Waals surface area contributed by atoms with Gasteiger partial charge in [-0.05, 0) is 44.0 Å². The van der Waals surface area contributed by atoms with Crippen LogP contribution in [0.2, 0.25) is 0 Å².